The summed E-state index contributed by atoms with van der Waals surface area (Å²) in [6.45, 7) is -3.63. The predicted molar refractivity (Wildman–Crippen MR) is 85.7 cm³/mol. The van der Waals surface area contributed by atoms with Gasteiger partial charge in [0.1, 0.15) is 6.04 Å². The maximum Gasteiger partial charge on any atom is 0.323 e. The number of rotatable bonds is 9. The van der Waals surface area contributed by atoms with Gasteiger partial charge in [-0.1, -0.05) is 42.1 Å². The highest BCUT2D eigenvalue weighted by atomic mass is 32.5. The van der Waals surface area contributed by atoms with Crippen molar-refractivity contribution in [2.45, 2.75) is 25.5 Å². The standard InChI is InChI=1S/C14H20NO6PS/c1-19-13(16)9-8-12(14(17)20-2)15-22(18,23)21-10-11-6-4-3-5-7-11/h3-7,12H,8-10H2,1-2H3,(H2,15,18,23)/p-1. The second kappa shape index (κ2) is 9.75. The minimum Gasteiger partial charge on any atom is -0.789 e. The number of benzene rings is 1. The molecule has 0 radical (unpaired) electrons. The van der Waals surface area contributed by atoms with E-state index in [1.54, 1.807) is 12.1 Å². The number of ether oxygens (including phenoxy) is 2. The Morgan fingerprint density at radius 2 is 1.91 bits per heavy atom. The Hall–Kier alpha value is -1.31. The molecule has 23 heavy (non-hydrogen) atoms. The van der Waals surface area contributed by atoms with Crippen molar-refractivity contribution in [1.29, 1.82) is 0 Å². The van der Waals surface area contributed by atoms with Gasteiger partial charge in [0.15, 0.2) is 0 Å². The number of nitrogens with one attached hydrogen (secondary N) is 1. The number of carbonyl (C=O) groups is 2. The summed E-state index contributed by atoms with van der Waals surface area (Å²) in [6.07, 6.45) is -0.00798. The Balaban J connectivity index is 2.62. The minimum atomic E-state index is -3.67. The van der Waals surface area contributed by atoms with E-state index in [9.17, 15) is 14.5 Å². The van der Waals surface area contributed by atoms with Crippen molar-refractivity contribution in [2.75, 3.05) is 14.2 Å². The molecule has 9 heteroatoms. The minimum absolute atomic E-state index is 0.0364. The van der Waals surface area contributed by atoms with Crippen molar-refractivity contribution < 1.29 is 28.5 Å². The molecule has 0 saturated carbocycles. The lowest BCUT2D eigenvalue weighted by Crippen LogP contribution is -2.39. The molecular weight excluding hydrogens is 341 g/mol. The highest BCUT2D eigenvalue weighted by Gasteiger charge is 2.23. The molecule has 1 N–H and O–H groups in total. The summed E-state index contributed by atoms with van der Waals surface area (Å²) in [5.74, 6) is -1.17. The highest BCUT2D eigenvalue weighted by molar-refractivity contribution is 8.07. The predicted octanol–water partition coefficient (Wildman–Crippen LogP) is 0.872. The second-order valence-electron chi connectivity index (χ2n) is 4.58. The van der Waals surface area contributed by atoms with E-state index in [1.165, 1.54) is 14.2 Å². The average molecular weight is 360 g/mol. The lowest BCUT2D eigenvalue weighted by Gasteiger charge is -2.32. The number of hydrogen-bond donors (Lipinski definition) is 1. The first-order chi connectivity index (χ1) is 10.9. The van der Waals surface area contributed by atoms with Gasteiger partial charge in [-0.15, -0.1) is 0 Å². The maximum absolute atomic E-state index is 12.3. The summed E-state index contributed by atoms with van der Waals surface area (Å²) in [4.78, 5) is 35.2. The molecule has 0 aliphatic rings. The molecule has 1 rings (SSSR count). The quantitative estimate of drug-likeness (QED) is 0.512. The molecule has 7 nitrogen and oxygen atoms in total. The zero-order valence-electron chi connectivity index (χ0n) is 12.9. The van der Waals surface area contributed by atoms with E-state index in [1.807, 2.05) is 18.2 Å². The number of esters is 2. The third-order valence-corrected chi connectivity index (χ3v) is 4.64. The van der Waals surface area contributed by atoms with Gasteiger partial charge in [-0.3, -0.25) is 14.7 Å². The molecule has 0 amide bonds. The molecule has 0 aliphatic heterocycles. The van der Waals surface area contributed by atoms with Gasteiger partial charge < -0.3 is 18.9 Å². The monoisotopic (exact) mass is 360 g/mol. The second-order valence-corrected chi connectivity index (χ2v) is 7.53. The molecule has 0 bridgehead atoms. The van der Waals surface area contributed by atoms with E-state index < -0.39 is 24.6 Å². The molecule has 2 atom stereocenters. The van der Waals surface area contributed by atoms with Crippen molar-refractivity contribution in [2.24, 2.45) is 0 Å². The lowest BCUT2D eigenvalue weighted by atomic mass is 10.2. The molecule has 1 aromatic rings. The molecule has 0 saturated heterocycles. The van der Waals surface area contributed by atoms with Crippen LogP contribution in [0.4, 0.5) is 0 Å². The van der Waals surface area contributed by atoms with Crippen LogP contribution in [0, 0.1) is 0 Å². The van der Waals surface area contributed by atoms with E-state index in [2.05, 4.69) is 14.6 Å². The molecule has 0 spiro atoms. The van der Waals surface area contributed by atoms with Crippen molar-refractivity contribution in [3.8, 4) is 0 Å². The van der Waals surface area contributed by atoms with Gasteiger partial charge in [-0.05, 0) is 12.0 Å². The van der Waals surface area contributed by atoms with Gasteiger partial charge in [0.05, 0.1) is 27.5 Å². The van der Waals surface area contributed by atoms with Crippen molar-refractivity contribution >= 4 is 30.4 Å². The third kappa shape index (κ3) is 7.67. The van der Waals surface area contributed by atoms with E-state index in [0.717, 1.165) is 5.56 Å². The van der Waals surface area contributed by atoms with Gasteiger partial charge in [0, 0.05) is 6.42 Å². The Labute approximate surface area is 140 Å². The molecule has 0 aromatic heterocycles. The largest absolute Gasteiger partial charge is 0.789 e. The van der Waals surface area contributed by atoms with Crippen molar-refractivity contribution in [3.63, 3.8) is 0 Å². The fourth-order valence-corrected chi connectivity index (χ4v) is 3.25. The Kier molecular flexibility index (Phi) is 8.36. The van der Waals surface area contributed by atoms with Crippen LogP contribution < -0.4 is 9.98 Å². The van der Waals surface area contributed by atoms with Gasteiger partial charge in [0.25, 0.3) is 0 Å². The van der Waals surface area contributed by atoms with Gasteiger partial charge in [-0.2, -0.15) is 0 Å². The first kappa shape index (κ1) is 19.7. The molecule has 1 aromatic carbocycles. The van der Waals surface area contributed by atoms with E-state index in [-0.39, 0.29) is 19.4 Å². The average Bonchev–Trinajstić information content (AvgIpc) is 2.56. The lowest BCUT2D eigenvalue weighted by molar-refractivity contribution is -0.188. The number of carbonyl (C=O) groups excluding carboxylic acids is 2. The Morgan fingerprint density at radius 1 is 1.26 bits per heavy atom. The smallest absolute Gasteiger partial charge is 0.323 e. The van der Waals surface area contributed by atoms with Crippen LogP contribution in [0.2, 0.25) is 0 Å². The fourth-order valence-electron chi connectivity index (χ4n) is 1.70. The summed E-state index contributed by atoms with van der Waals surface area (Å²) in [5.41, 5.74) is 0.795. The van der Waals surface area contributed by atoms with Crippen LogP contribution in [-0.2, 0) is 42.0 Å². The van der Waals surface area contributed by atoms with Gasteiger partial charge in [0.2, 0.25) is 0 Å². The van der Waals surface area contributed by atoms with E-state index in [0.29, 0.717) is 0 Å². The number of hydrogen-bond acceptors (Lipinski definition) is 7. The fraction of sp³-hybridized carbons (Fsp3) is 0.429. The topological polar surface area (TPSA) is 96.9 Å². The SMILES string of the molecule is COC(=O)CCC(NP([O-])(=S)OCc1ccccc1)C(=O)OC. The Morgan fingerprint density at radius 3 is 2.48 bits per heavy atom. The van der Waals surface area contributed by atoms with Gasteiger partial charge >= 0.3 is 11.9 Å². The number of methoxy groups -OCH3 is 2. The first-order valence-corrected chi connectivity index (χ1v) is 9.43. The van der Waals surface area contributed by atoms with Crippen molar-refractivity contribution in [3.05, 3.63) is 35.9 Å². The molecule has 0 heterocycles. The maximum atomic E-state index is 12.3. The van der Waals surface area contributed by atoms with Crippen LogP contribution in [0.1, 0.15) is 18.4 Å². The van der Waals surface area contributed by atoms with E-state index in [4.69, 9.17) is 16.3 Å². The summed E-state index contributed by atoms with van der Waals surface area (Å²) < 4.78 is 14.3. The molecule has 0 fully saturated rings. The van der Waals surface area contributed by atoms with E-state index >= 15 is 0 Å². The van der Waals surface area contributed by atoms with Crippen LogP contribution in [0.15, 0.2) is 30.3 Å². The van der Waals surface area contributed by atoms with Gasteiger partial charge in [-0.25, -0.2) is 0 Å². The highest BCUT2D eigenvalue weighted by Crippen LogP contribution is 2.35. The Bertz CT molecular complexity index is 568. The molecular formula is C14H19NO6PS-. The molecule has 2 unspecified atom stereocenters. The van der Waals surface area contributed by atoms with Crippen LogP contribution >= 0.6 is 6.64 Å². The summed E-state index contributed by atoms with van der Waals surface area (Å²) >= 11 is 4.89. The normalized spacial score (nSPS) is 14.6. The zero-order chi connectivity index (χ0) is 17.3. The summed E-state index contributed by atoms with van der Waals surface area (Å²) in [5, 5.41) is 2.46. The summed E-state index contributed by atoms with van der Waals surface area (Å²) in [6, 6.07) is 8.05. The van der Waals surface area contributed by atoms with Crippen molar-refractivity contribution in [1.82, 2.24) is 5.09 Å². The summed E-state index contributed by atoms with van der Waals surface area (Å²) in [7, 11) is 2.43. The first-order valence-electron chi connectivity index (χ1n) is 6.80. The van der Waals surface area contributed by atoms with Crippen LogP contribution in [0.25, 0.3) is 0 Å². The zero-order valence-corrected chi connectivity index (χ0v) is 14.6. The van der Waals surface area contributed by atoms with Crippen LogP contribution in [0.3, 0.4) is 0 Å². The third-order valence-electron chi connectivity index (χ3n) is 2.91. The van der Waals surface area contributed by atoms with Crippen LogP contribution in [-0.4, -0.2) is 32.2 Å². The molecule has 0 aliphatic carbocycles. The van der Waals surface area contributed by atoms with Crippen LogP contribution in [0.5, 0.6) is 0 Å². The molecule has 128 valence electrons.